The zero-order chi connectivity index (χ0) is 13.1. The first-order valence-electron chi connectivity index (χ1n) is 7.06. The molecule has 0 amide bonds. The van der Waals surface area contributed by atoms with Crippen molar-refractivity contribution in [3.63, 3.8) is 0 Å². The lowest BCUT2D eigenvalue weighted by molar-refractivity contribution is 0.501. The van der Waals surface area contributed by atoms with Crippen LogP contribution in [0.25, 0.3) is 0 Å². The Balaban J connectivity index is 1.69. The molecule has 98 valence electrons. The summed E-state index contributed by atoms with van der Waals surface area (Å²) in [7, 11) is 0. The predicted molar refractivity (Wildman–Crippen MR) is 79.6 cm³/mol. The Bertz CT molecular complexity index is 528. The van der Waals surface area contributed by atoms with Gasteiger partial charge in [0.2, 0.25) is 0 Å². The minimum atomic E-state index is 0.709. The molecule has 0 unspecified atom stereocenters. The van der Waals surface area contributed by atoms with E-state index in [1.54, 1.807) is 0 Å². The van der Waals surface area contributed by atoms with Crippen molar-refractivity contribution in [2.24, 2.45) is 0 Å². The second-order valence-electron chi connectivity index (χ2n) is 5.31. The molecule has 0 bridgehead atoms. The van der Waals surface area contributed by atoms with E-state index in [1.165, 1.54) is 24.0 Å². The lowest BCUT2D eigenvalue weighted by Crippen LogP contribution is -2.33. The van der Waals surface area contributed by atoms with Gasteiger partial charge in [-0.05, 0) is 48.9 Å². The molecular formula is C17H20N2. The number of aromatic nitrogens is 1. The van der Waals surface area contributed by atoms with Crippen molar-refractivity contribution in [3.8, 4) is 0 Å². The summed E-state index contributed by atoms with van der Waals surface area (Å²) in [5.74, 6) is 1.83. The van der Waals surface area contributed by atoms with E-state index >= 15 is 0 Å². The first kappa shape index (κ1) is 12.2. The summed E-state index contributed by atoms with van der Waals surface area (Å²) in [6, 6.07) is 14.9. The van der Waals surface area contributed by atoms with Gasteiger partial charge in [-0.3, -0.25) is 0 Å². The van der Waals surface area contributed by atoms with Crippen LogP contribution in [0.2, 0.25) is 0 Å². The topological polar surface area (TPSA) is 16.1 Å². The largest absolute Gasteiger partial charge is 0.357 e. The minimum Gasteiger partial charge on any atom is -0.357 e. The third-order valence-corrected chi connectivity index (χ3v) is 4.10. The molecule has 0 atom stereocenters. The number of anilines is 1. The van der Waals surface area contributed by atoms with Gasteiger partial charge in [0, 0.05) is 19.3 Å². The molecule has 19 heavy (non-hydrogen) atoms. The smallest absolute Gasteiger partial charge is 0.128 e. The van der Waals surface area contributed by atoms with Gasteiger partial charge < -0.3 is 4.90 Å². The molecule has 1 aromatic heterocycles. The molecule has 2 nitrogen and oxygen atoms in total. The summed E-state index contributed by atoms with van der Waals surface area (Å²) >= 11 is 0. The molecule has 0 saturated carbocycles. The molecule has 0 spiro atoms. The number of aryl methyl sites for hydroxylation is 1. The molecule has 0 N–H and O–H groups in total. The van der Waals surface area contributed by atoms with Crippen molar-refractivity contribution in [1.82, 2.24) is 4.98 Å². The summed E-state index contributed by atoms with van der Waals surface area (Å²) in [6.07, 6.45) is 4.33. The minimum absolute atomic E-state index is 0.709. The van der Waals surface area contributed by atoms with Gasteiger partial charge >= 0.3 is 0 Å². The second kappa shape index (κ2) is 5.43. The molecule has 0 radical (unpaired) electrons. The fourth-order valence-corrected chi connectivity index (χ4v) is 3.01. The Hall–Kier alpha value is -1.83. The fraction of sp³-hybridized carbons (Fsp3) is 0.353. The van der Waals surface area contributed by atoms with Gasteiger partial charge in [0.05, 0.1) is 0 Å². The zero-order valence-corrected chi connectivity index (χ0v) is 11.4. The fourth-order valence-electron chi connectivity index (χ4n) is 3.01. The quantitative estimate of drug-likeness (QED) is 0.808. The SMILES string of the molecule is Cc1ccccc1C1CCN(c2ccccn2)CC1. The maximum Gasteiger partial charge on any atom is 0.128 e. The normalized spacial score (nSPS) is 16.6. The van der Waals surface area contributed by atoms with Gasteiger partial charge in [-0.1, -0.05) is 30.3 Å². The molecule has 0 aliphatic carbocycles. The van der Waals surface area contributed by atoms with Crippen molar-refractivity contribution in [3.05, 3.63) is 59.8 Å². The van der Waals surface area contributed by atoms with Crippen LogP contribution in [0.1, 0.15) is 29.9 Å². The number of nitrogens with zero attached hydrogens (tertiary/aromatic N) is 2. The summed E-state index contributed by atoms with van der Waals surface area (Å²) in [5.41, 5.74) is 2.96. The second-order valence-corrected chi connectivity index (χ2v) is 5.31. The highest BCUT2D eigenvalue weighted by molar-refractivity contribution is 5.39. The lowest BCUT2D eigenvalue weighted by Gasteiger charge is -2.33. The Kier molecular flexibility index (Phi) is 3.49. The van der Waals surface area contributed by atoms with E-state index in [9.17, 15) is 0 Å². The average molecular weight is 252 g/mol. The van der Waals surface area contributed by atoms with Crippen LogP contribution in [0.3, 0.4) is 0 Å². The van der Waals surface area contributed by atoms with Crippen molar-refractivity contribution in [2.75, 3.05) is 18.0 Å². The van der Waals surface area contributed by atoms with E-state index in [4.69, 9.17) is 0 Å². The Labute approximate surface area is 115 Å². The summed E-state index contributed by atoms with van der Waals surface area (Å²) in [5, 5.41) is 0. The highest BCUT2D eigenvalue weighted by atomic mass is 15.2. The first-order valence-corrected chi connectivity index (χ1v) is 7.06. The van der Waals surface area contributed by atoms with Crippen LogP contribution in [-0.2, 0) is 0 Å². The van der Waals surface area contributed by atoms with Gasteiger partial charge in [0.25, 0.3) is 0 Å². The predicted octanol–water partition coefficient (Wildman–Crippen LogP) is 3.77. The van der Waals surface area contributed by atoms with Crippen molar-refractivity contribution < 1.29 is 0 Å². The number of piperidine rings is 1. The molecule has 1 aliphatic rings. The summed E-state index contributed by atoms with van der Waals surface area (Å²) in [4.78, 5) is 6.84. The van der Waals surface area contributed by atoms with E-state index in [0.29, 0.717) is 5.92 Å². The van der Waals surface area contributed by atoms with Gasteiger partial charge in [-0.25, -0.2) is 4.98 Å². The van der Waals surface area contributed by atoms with Crippen LogP contribution in [0, 0.1) is 6.92 Å². The number of pyridine rings is 1. The van der Waals surface area contributed by atoms with Crippen LogP contribution >= 0.6 is 0 Å². The summed E-state index contributed by atoms with van der Waals surface area (Å²) in [6.45, 7) is 4.44. The van der Waals surface area contributed by atoms with Crippen LogP contribution < -0.4 is 4.90 Å². The molecule has 2 heterocycles. The van der Waals surface area contributed by atoms with Crippen molar-refractivity contribution in [2.45, 2.75) is 25.7 Å². The average Bonchev–Trinajstić information content (AvgIpc) is 2.49. The van der Waals surface area contributed by atoms with Gasteiger partial charge in [-0.15, -0.1) is 0 Å². The van der Waals surface area contributed by atoms with E-state index in [0.717, 1.165) is 18.9 Å². The van der Waals surface area contributed by atoms with Crippen LogP contribution in [0.15, 0.2) is 48.7 Å². The molecule has 1 fully saturated rings. The number of benzene rings is 1. The van der Waals surface area contributed by atoms with Gasteiger partial charge in [0.1, 0.15) is 5.82 Å². The maximum absolute atomic E-state index is 4.44. The number of hydrogen-bond donors (Lipinski definition) is 0. The molecular weight excluding hydrogens is 232 g/mol. The van der Waals surface area contributed by atoms with Gasteiger partial charge in [0.15, 0.2) is 0 Å². The monoisotopic (exact) mass is 252 g/mol. The molecule has 1 aromatic carbocycles. The van der Waals surface area contributed by atoms with Crippen LogP contribution in [0.4, 0.5) is 5.82 Å². The maximum atomic E-state index is 4.44. The highest BCUT2D eigenvalue weighted by Crippen LogP contribution is 2.31. The Morgan fingerprint density at radius 3 is 2.42 bits per heavy atom. The first-order chi connectivity index (χ1) is 9.34. The number of rotatable bonds is 2. The summed E-state index contributed by atoms with van der Waals surface area (Å²) < 4.78 is 0. The molecule has 3 rings (SSSR count). The molecule has 1 aliphatic heterocycles. The highest BCUT2D eigenvalue weighted by Gasteiger charge is 2.21. The molecule has 1 saturated heterocycles. The zero-order valence-electron chi connectivity index (χ0n) is 11.4. The van der Waals surface area contributed by atoms with Gasteiger partial charge in [-0.2, -0.15) is 0 Å². The standard InChI is InChI=1S/C17H20N2/c1-14-6-2-3-7-16(14)15-9-12-19(13-10-15)17-8-4-5-11-18-17/h2-8,11,15H,9-10,12-13H2,1H3. The Morgan fingerprint density at radius 1 is 1.00 bits per heavy atom. The van der Waals surface area contributed by atoms with E-state index < -0.39 is 0 Å². The van der Waals surface area contributed by atoms with Crippen molar-refractivity contribution >= 4 is 5.82 Å². The molecule has 2 heteroatoms. The molecule has 2 aromatic rings. The van der Waals surface area contributed by atoms with Crippen molar-refractivity contribution in [1.29, 1.82) is 0 Å². The third-order valence-electron chi connectivity index (χ3n) is 4.10. The number of hydrogen-bond acceptors (Lipinski definition) is 2. The van der Waals surface area contributed by atoms with E-state index in [1.807, 2.05) is 12.3 Å². The lowest BCUT2D eigenvalue weighted by atomic mass is 9.87. The third kappa shape index (κ3) is 2.62. The van der Waals surface area contributed by atoms with E-state index in [-0.39, 0.29) is 0 Å². The van der Waals surface area contributed by atoms with Crippen LogP contribution in [-0.4, -0.2) is 18.1 Å². The van der Waals surface area contributed by atoms with Crippen LogP contribution in [0.5, 0.6) is 0 Å². The van der Waals surface area contributed by atoms with E-state index in [2.05, 4.69) is 53.2 Å². The Morgan fingerprint density at radius 2 is 1.74 bits per heavy atom.